The molecule has 0 saturated carbocycles. The van der Waals surface area contributed by atoms with Gasteiger partial charge in [0, 0.05) is 12.7 Å². The highest BCUT2D eigenvalue weighted by Gasteiger charge is 2.31. The lowest BCUT2D eigenvalue weighted by molar-refractivity contribution is 0.0639. The van der Waals surface area contributed by atoms with Crippen LogP contribution in [0, 0.1) is 0 Å². The van der Waals surface area contributed by atoms with Crippen LogP contribution in [0.15, 0.2) is 18.3 Å². The van der Waals surface area contributed by atoms with E-state index < -0.39 is 11.9 Å². The number of aromatic carboxylic acids is 1. The third kappa shape index (κ3) is 2.19. The molecule has 96 valence electrons. The molecular formula is C12H14N2O4. The van der Waals surface area contributed by atoms with Gasteiger partial charge in [0.05, 0.1) is 18.2 Å². The second kappa shape index (κ2) is 5.14. The number of hydrogen-bond donors (Lipinski definition) is 2. The Morgan fingerprint density at radius 3 is 2.94 bits per heavy atom. The average molecular weight is 250 g/mol. The van der Waals surface area contributed by atoms with Gasteiger partial charge in [-0.25, -0.2) is 4.79 Å². The molecule has 2 N–H and O–H groups in total. The highest BCUT2D eigenvalue weighted by atomic mass is 16.4. The average Bonchev–Trinajstić information content (AvgIpc) is 2.86. The standard InChI is InChI=1S/C12H14N2O4/c15-7-8-3-2-6-14(8)11(16)10-9(12(17)18)4-1-5-13-10/h1,4-5,8,15H,2-3,6-7H2,(H,17,18)/t8-/m1/s1. The molecule has 0 radical (unpaired) electrons. The number of carboxylic acids is 1. The fourth-order valence-corrected chi connectivity index (χ4v) is 2.18. The maximum atomic E-state index is 12.2. The Morgan fingerprint density at radius 2 is 2.28 bits per heavy atom. The monoisotopic (exact) mass is 250 g/mol. The maximum Gasteiger partial charge on any atom is 0.338 e. The summed E-state index contributed by atoms with van der Waals surface area (Å²) in [6.45, 7) is 0.417. The molecule has 0 spiro atoms. The summed E-state index contributed by atoms with van der Waals surface area (Å²) in [4.78, 5) is 28.6. The van der Waals surface area contributed by atoms with Crippen LogP contribution >= 0.6 is 0 Å². The molecule has 0 bridgehead atoms. The molecule has 2 heterocycles. The van der Waals surface area contributed by atoms with Crippen LogP contribution in [0.1, 0.15) is 33.7 Å². The van der Waals surface area contributed by atoms with Gasteiger partial charge in [0.15, 0.2) is 0 Å². The number of carboxylic acid groups (broad SMARTS) is 1. The summed E-state index contributed by atoms with van der Waals surface area (Å²) in [5, 5.41) is 18.2. The Hall–Kier alpha value is -1.95. The second-order valence-corrected chi connectivity index (χ2v) is 4.18. The number of pyridine rings is 1. The second-order valence-electron chi connectivity index (χ2n) is 4.18. The van der Waals surface area contributed by atoms with Crippen molar-refractivity contribution in [3.05, 3.63) is 29.6 Å². The Bertz CT molecular complexity index is 475. The Kier molecular flexibility index (Phi) is 3.57. The molecule has 0 unspecified atom stereocenters. The van der Waals surface area contributed by atoms with Gasteiger partial charge >= 0.3 is 5.97 Å². The Labute approximate surface area is 104 Å². The Morgan fingerprint density at radius 1 is 1.50 bits per heavy atom. The topological polar surface area (TPSA) is 90.7 Å². The molecule has 6 heteroatoms. The Balaban J connectivity index is 2.31. The molecule has 1 aliphatic heterocycles. The van der Waals surface area contributed by atoms with E-state index in [2.05, 4.69) is 4.98 Å². The first-order valence-electron chi connectivity index (χ1n) is 5.75. The zero-order chi connectivity index (χ0) is 13.1. The first-order chi connectivity index (χ1) is 8.65. The van der Waals surface area contributed by atoms with Crippen LogP contribution in [0.2, 0.25) is 0 Å². The largest absolute Gasteiger partial charge is 0.478 e. The third-order valence-electron chi connectivity index (χ3n) is 3.09. The van der Waals surface area contributed by atoms with Gasteiger partial charge in [-0.05, 0) is 25.0 Å². The van der Waals surface area contributed by atoms with Crippen LogP contribution in [0.3, 0.4) is 0 Å². The van der Waals surface area contributed by atoms with E-state index in [-0.39, 0.29) is 23.9 Å². The molecule has 0 aliphatic carbocycles. The van der Waals surface area contributed by atoms with Crippen molar-refractivity contribution in [2.45, 2.75) is 18.9 Å². The van der Waals surface area contributed by atoms with Crippen LogP contribution in [-0.2, 0) is 0 Å². The maximum absolute atomic E-state index is 12.2. The van der Waals surface area contributed by atoms with E-state index in [0.717, 1.165) is 12.8 Å². The summed E-state index contributed by atoms with van der Waals surface area (Å²) in [6, 6.07) is 2.60. The molecular weight excluding hydrogens is 236 g/mol. The number of amides is 1. The predicted molar refractivity (Wildman–Crippen MR) is 62.3 cm³/mol. The summed E-state index contributed by atoms with van der Waals surface area (Å²) >= 11 is 0. The van der Waals surface area contributed by atoms with Crippen LogP contribution in [0.4, 0.5) is 0 Å². The van der Waals surface area contributed by atoms with Crippen LogP contribution in [0.5, 0.6) is 0 Å². The minimum absolute atomic E-state index is 0.0645. The summed E-state index contributed by atoms with van der Waals surface area (Å²) in [5.74, 6) is -1.60. The van der Waals surface area contributed by atoms with Crippen molar-refractivity contribution >= 4 is 11.9 Å². The number of carbonyl (C=O) groups is 2. The van der Waals surface area contributed by atoms with Crippen LogP contribution < -0.4 is 0 Å². The SMILES string of the molecule is O=C(O)c1cccnc1C(=O)N1CCC[C@@H]1CO. The van der Waals surface area contributed by atoms with Crippen molar-refractivity contribution in [2.24, 2.45) is 0 Å². The van der Waals surface area contributed by atoms with Crippen molar-refractivity contribution in [2.75, 3.05) is 13.2 Å². The van der Waals surface area contributed by atoms with Gasteiger partial charge in [0.1, 0.15) is 5.69 Å². The molecule has 18 heavy (non-hydrogen) atoms. The van der Waals surface area contributed by atoms with Gasteiger partial charge in [0.25, 0.3) is 5.91 Å². The first kappa shape index (κ1) is 12.5. The number of aliphatic hydroxyl groups excluding tert-OH is 1. The number of nitrogens with zero attached hydrogens (tertiary/aromatic N) is 2. The van der Waals surface area contributed by atoms with Gasteiger partial charge in [0.2, 0.25) is 0 Å². The molecule has 1 saturated heterocycles. The first-order valence-corrected chi connectivity index (χ1v) is 5.75. The summed E-state index contributed by atoms with van der Waals surface area (Å²) < 4.78 is 0. The van der Waals surface area contributed by atoms with Crippen LogP contribution in [0.25, 0.3) is 0 Å². The highest BCUT2D eigenvalue weighted by Crippen LogP contribution is 2.20. The number of aliphatic hydroxyl groups is 1. The normalized spacial score (nSPS) is 18.9. The van der Waals surface area contributed by atoms with Crippen molar-refractivity contribution in [1.82, 2.24) is 9.88 Å². The molecule has 1 aliphatic rings. The number of carbonyl (C=O) groups excluding carboxylic acids is 1. The third-order valence-corrected chi connectivity index (χ3v) is 3.09. The van der Waals surface area contributed by atoms with Gasteiger partial charge < -0.3 is 15.1 Å². The molecule has 1 atom stereocenters. The number of hydrogen-bond acceptors (Lipinski definition) is 4. The fraction of sp³-hybridized carbons (Fsp3) is 0.417. The van der Waals surface area contributed by atoms with Crippen molar-refractivity contribution < 1.29 is 19.8 Å². The van der Waals surface area contributed by atoms with Crippen molar-refractivity contribution in [3.63, 3.8) is 0 Å². The molecule has 1 amide bonds. The van der Waals surface area contributed by atoms with E-state index in [0.29, 0.717) is 6.54 Å². The van der Waals surface area contributed by atoms with Gasteiger partial charge in [-0.3, -0.25) is 9.78 Å². The van der Waals surface area contributed by atoms with E-state index in [4.69, 9.17) is 5.11 Å². The number of rotatable bonds is 3. The summed E-state index contributed by atoms with van der Waals surface area (Å²) in [5.41, 5.74) is -0.170. The van der Waals surface area contributed by atoms with Crippen molar-refractivity contribution in [1.29, 1.82) is 0 Å². The van der Waals surface area contributed by atoms with Gasteiger partial charge in [-0.15, -0.1) is 0 Å². The van der Waals surface area contributed by atoms with E-state index in [1.165, 1.54) is 23.2 Å². The quantitative estimate of drug-likeness (QED) is 0.809. The summed E-state index contributed by atoms with van der Waals surface area (Å²) in [7, 11) is 0. The zero-order valence-electron chi connectivity index (χ0n) is 9.74. The van der Waals surface area contributed by atoms with Crippen molar-refractivity contribution in [3.8, 4) is 0 Å². The molecule has 1 aromatic heterocycles. The molecule has 0 aromatic carbocycles. The summed E-state index contributed by atoms with van der Waals surface area (Å²) in [6.07, 6.45) is 2.94. The predicted octanol–water partition coefficient (Wildman–Crippen LogP) is 0.377. The number of likely N-dealkylation sites (tertiary alicyclic amines) is 1. The molecule has 1 fully saturated rings. The lowest BCUT2D eigenvalue weighted by Crippen LogP contribution is -2.38. The molecule has 2 rings (SSSR count). The van der Waals surface area contributed by atoms with E-state index in [1.807, 2.05) is 0 Å². The minimum Gasteiger partial charge on any atom is -0.478 e. The number of aromatic nitrogens is 1. The minimum atomic E-state index is -1.17. The van der Waals surface area contributed by atoms with E-state index in [9.17, 15) is 14.7 Å². The smallest absolute Gasteiger partial charge is 0.338 e. The fourth-order valence-electron chi connectivity index (χ4n) is 2.18. The van der Waals surface area contributed by atoms with Gasteiger partial charge in [-0.2, -0.15) is 0 Å². The van der Waals surface area contributed by atoms with Gasteiger partial charge in [-0.1, -0.05) is 0 Å². The van der Waals surface area contributed by atoms with Crippen LogP contribution in [-0.4, -0.2) is 51.2 Å². The van der Waals surface area contributed by atoms with E-state index in [1.54, 1.807) is 0 Å². The lowest BCUT2D eigenvalue weighted by Gasteiger charge is -2.23. The zero-order valence-corrected chi connectivity index (χ0v) is 9.74. The molecule has 6 nitrogen and oxygen atoms in total. The lowest BCUT2D eigenvalue weighted by atomic mass is 10.1. The molecule has 1 aromatic rings. The highest BCUT2D eigenvalue weighted by molar-refractivity contribution is 6.03. The van der Waals surface area contributed by atoms with E-state index >= 15 is 0 Å².